The molecule has 1 aromatic carbocycles. The van der Waals surface area contributed by atoms with Gasteiger partial charge in [0.05, 0.1) is 5.75 Å². The molecule has 0 aromatic heterocycles. The number of hydrogen-bond donors (Lipinski definition) is 1. The Balaban J connectivity index is 1.83. The molecule has 1 aromatic rings. The van der Waals surface area contributed by atoms with Crippen LogP contribution in [0.4, 0.5) is 0 Å². The molecule has 2 N–H and O–H groups in total. The van der Waals surface area contributed by atoms with Crippen LogP contribution in [0.5, 0.6) is 0 Å². The maximum atomic E-state index is 11.8. The van der Waals surface area contributed by atoms with E-state index in [2.05, 4.69) is 4.90 Å². The Hall–Kier alpha value is -1.53. The van der Waals surface area contributed by atoms with Crippen molar-refractivity contribution in [1.29, 1.82) is 0 Å². The number of thioether (sulfide) groups is 1. The van der Waals surface area contributed by atoms with E-state index < -0.39 is 5.91 Å². The second kappa shape index (κ2) is 7.47. The van der Waals surface area contributed by atoms with Gasteiger partial charge in [0.1, 0.15) is 0 Å². The molecule has 0 aliphatic carbocycles. The number of nitrogens with zero attached hydrogens (tertiary/aromatic N) is 2. The van der Waals surface area contributed by atoms with Gasteiger partial charge in [0.2, 0.25) is 11.8 Å². The van der Waals surface area contributed by atoms with Gasteiger partial charge in [-0.1, -0.05) is 12.1 Å². The van der Waals surface area contributed by atoms with E-state index in [0.717, 1.165) is 38.3 Å². The zero-order chi connectivity index (χ0) is 15.2. The molecule has 0 radical (unpaired) electrons. The van der Waals surface area contributed by atoms with Crippen LogP contribution in [-0.4, -0.2) is 59.8 Å². The molecule has 1 saturated heterocycles. The summed E-state index contributed by atoms with van der Waals surface area (Å²) in [7, 11) is 0. The monoisotopic (exact) mass is 307 g/mol. The molecule has 1 aliphatic heterocycles. The van der Waals surface area contributed by atoms with Crippen molar-refractivity contribution in [2.75, 3.05) is 38.2 Å². The van der Waals surface area contributed by atoms with Crippen molar-refractivity contribution < 1.29 is 9.59 Å². The van der Waals surface area contributed by atoms with Gasteiger partial charge in [-0.05, 0) is 24.0 Å². The Morgan fingerprint density at radius 1 is 1.14 bits per heavy atom. The highest BCUT2D eigenvalue weighted by atomic mass is 32.2. The average molecular weight is 307 g/mol. The van der Waals surface area contributed by atoms with Gasteiger partial charge in [0.25, 0.3) is 0 Å². The van der Waals surface area contributed by atoms with Crippen molar-refractivity contribution in [3.63, 3.8) is 0 Å². The van der Waals surface area contributed by atoms with E-state index in [-0.39, 0.29) is 5.91 Å². The Morgan fingerprint density at radius 3 is 2.29 bits per heavy atom. The third-order valence-corrected chi connectivity index (χ3v) is 4.17. The molecule has 1 fully saturated rings. The summed E-state index contributed by atoms with van der Waals surface area (Å²) < 4.78 is 0. The van der Waals surface area contributed by atoms with Gasteiger partial charge in [-0.3, -0.25) is 14.5 Å². The molecule has 0 bridgehead atoms. The first-order valence-corrected chi connectivity index (χ1v) is 8.37. The third kappa shape index (κ3) is 4.47. The number of piperazine rings is 1. The minimum Gasteiger partial charge on any atom is -0.366 e. The summed E-state index contributed by atoms with van der Waals surface area (Å²) in [5.41, 5.74) is 6.92. The predicted molar refractivity (Wildman–Crippen MR) is 85.2 cm³/mol. The zero-order valence-corrected chi connectivity index (χ0v) is 13.1. The zero-order valence-electron chi connectivity index (χ0n) is 12.2. The summed E-state index contributed by atoms with van der Waals surface area (Å²) in [5, 5.41) is 0. The maximum absolute atomic E-state index is 11.8. The van der Waals surface area contributed by atoms with E-state index >= 15 is 0 Å². The first kappa shape index (κ1) is 15.9. The third-order valence-electron chi connectivity index (χ3n) is 3.64. The molecule has 114 valence electrons. The van der Waals surface area contributed by atoms with Crippen LogP contribution in [-0.2, 0) is 11.3 Å². The van der Waals surface area contributed by atoms with Crippen LogP contribution in [0.25, 0.3) is 0 Å². The molecule has 0 saturated carbocycles. The van der Waals surface area contributed by atoms with Crippen molar-refractivity contribution in [2.45, 2.75) is 6.54 Å². The second-order valence-corrected chi connectivity index (χ2v) is 6.02. The van der Waals surface area contributed by atoms with Crippen LogP contribution in [0, 0.1) is 0 Å². The Morgan fingerprint density at radius 2 is 1.76 bits per heavy atom. The van der Waals surface area contributed by atoms with Gasteiger partial charge < -0.3 is 10.6 Å². The number of hydrogen-bond acceptors (Lipinski definition) is 4. The topological polar surface area (TPSA) is 66.6 Å². The first-order chi connectivity index (χ1) is 10.1. The molecule has 2 amide bonds. The highest BCUT2D eigenvalue weighted by Crippen LogP contribution is 2.11. The lowest BCUT2D eigenvalue weighted by Crippen LogP contribution is -2.48. The molecule has 21 heavy (non-hydrogen) atoms. The molecule has 0 unspecified atom stereocenters. The Bertz CT molecular complexity index is 496. The van der Waals surface area contributed by atoms with E-state index in [1.165, 1.54) is 0 Å². The SMILES string of the molecule is CSCC(=O)N1CCN(Cc2ccc(C(N)=O)cc2)CC1. The van der Waals surface area contributed by atoms with Gasteiger partial charge in [-0.15, -0.1) is 0 Å². The number of amides is 2. The lowest BCUT2D eigenvalue weighted by molar-refractivity contribution is -0.130. The minimum absolute atomic E-state index is 0.230. The van der Waals surface area contributed by atoms with Gasteiger partial charge in [-0.25, -0.2) is 0 Å². The van der Waals surface area contributed by atoms with Crippen molar-refractivity contribution >= 4 is 23.6 Å². The summed E-state index contributed by atoms with van der Waals surface area (Å²) in [6.45, 7) is 4.19. The molecule has 1 aliphatic rings. The van der Waals surface area contributed by atoms with Crippen LogP contribution in [0.2, 0.25) is 0 Å². The average Bonchev–Trinajstić information content (AvgIpc) is 2.49. The van der Waals surface area contributed by atoms with E-state index in [0.29, 0.717) is 11.3 Å². The molecule has 0 atom stereocenters. The molecule has 5 nitrogen and oxygen atoms in total. The number of rotatable bonds is 5. The van der Waals surface area contributed by atoms with Crippen LogP contribution >= 0.6 is 11.8 Å². The summed E-state index contributed by atoms with van der Waals surface area (Å²) in [6, 6.07) is 7.39. The summed E-state index contributed by atoms with van der Waals surface area (Å²) in [6.07, 6.45) is 1.95. The molecule has 2 rings (SSSR count). The van der Waals surface area contributed by atoms with Crippen molar-refractivity contribution in [2.24, 2.45) is 5.73 Å². The van der Waals surface area contributed by atoms with Crippen LogP contribution in [0.1, 0.15) is 15.9 Å². The van der Waals surface area contributed by atoms with Crippen LogP contribution in [0.15, 0.2) is 24.3 Å². The van der Waals surface area contributed by atoms with Crippen molar-refractivity contribution in [3.05, 3.63) is 35.4 Å². The van der Waals surface area contributed by atoms with Gasteiger partial charge in [-0.2, -0.15) is 11.8 Å². The number of nitrogens with two attached hydrogens (primary N) is 1. The first-order valence-electron chi connectivity index (χ1n) is 6.98. The smallest absolute Gasteiger partial charge is 0.248 e. The Labute approximate surface area is 129 Å². The molecular formula is C15H21N3O2S. The lowest BCUT2D eigenvalue weighted by Gasteiger charge is -2.34. The Kier molecular flexibility index (Phi) is 5.64. The lowest BCUT2D eigenvalue weighted by atomic mass is 10.1. The molecule has 6 heteroatoms. The fourth-order valence-electron chi connectivity index (χ4n) is 2.40. The number of carbonyl (C=O) groups is 2. The largest absolute Gasteiger partial charge is 0.366 e. The van der Waals surface area contributed by atoms with E-state index in [4.69, 9.17) is 5.73 Å². The number of primary amides is 1. The fourth-order valence-corrected chi connectivity index (χ4v) is 2.83. The molecular weight excluding hydrogens is 286 g/mol. The van der Waals surface area contributed by atoms with Crippen molar-refractivity contribution in [1.82, 2.24) is 9.80 Å². The van der Waals surface area contributed by atoms with Crippen LogP contribution < -0.4 is 5.73 Å². The van der Waals surface area contributed by atoms with Gasteiger partial charge >= 0.3 is 0 Å². The standard InChI is InChI=1S/C15H21N3O2S/c1-21-11-14(19)18-8-6-17(7-9-18)10-12-2-4-13(5-3-12)15(16)20/h2-5H,6-11H2,1H3,(H2,16,20). The summed E-state index contributed by atoms with van der Waals surface area (Å²) in [4.78, 5) is 27.1. The summed E-state index contributed by atoms with van der Waals surface area (Å²) >= 11 is 1.57. The number of benzene rings is 1. The summed E-state index contributed by atoms with van der Waals surface area (Å²) in [5.74, 6) is 0.393. The van der Waals surface area contributed by atoms with Gasteiger partial charge in [0, 0.05) is 38.3 Å². The quantitative estimate of drug-likeness (QED) is 0.873. The predicted octanol–water partition coefficient (Wildman–Crippen LogP) is 0.793. The second-order valence-electron chi connectivity index (χ2n) is 5.15. The van der Waals surface area contributed by atoms with Crippen molar-refractivity contribution in [3.8, 4) is 0 Å². The van der Waals surface area contributed by atoms with E-state index in [1.54, 1.807) is 23.9 Å². The number of carbonyl (C=O) groups excluding carboxylic acids is 2. The minimum atomic E-state index is -0.400. The normalized spacial score (nSPS) is 16.0. The maximum Gasteiger partial charge on any atom is 0.248 e. The van der Waals surface area contributed by atoms with E-state index in [1.807, 2.05) is 23.3 Å². The van der Waals surface area contributed by atoms with E-state index in [9.17, 15) is 9.59 Å². The van der Waals surface area contributed by atoms with Crippen LogP contribution in [0.3, 0.4) is 0 Å². The molecule has 0 spiro atoms. The fraction of sp³-hybridized carbons (Fsp3) is 0.467. The molecule has 1 heterocycles. The highest BCUT2D eigenvalue weighted by Gasteiger charge is 2.20. The van der Waals surface area contributed by atoms with Gasteiger partial charge in [0.15, 0.2) is 0 Å². The highest BCUT2D eigenvalue weighted by molar-refractivity contribution is 7.99.